The Hall–Kier alpha value is -2.21. The number of aryl methyl sites for hydroxylation is 1. The lowest BCUT2D eigenvalue weighted by Gasteiger charge is -2.09. The van der Waals surface area contributed by atoms with E-state index in [0.29, 0.717) is 28.1 Å². The molecule has 3 heterocycles. The molecule has 0 amide bonds. The van der Waals surface area contributed by atoms with E-state index in [1.807, 2.05) is 31.4 Å². The van der Waals surface area contributed by atoms with E-state index in [4.69, 9.17) is 9.26 Å². The number of pyridine rings is 1. The smallest absolute Gasteiger partial charge is 0.339 e. The maximum Gasteiger partial charge on any atom is 0.339 e. The Balaban J connectivity index is 2.20. The van der Waals surface area contributed by atoms with Crippen molar-refractivity contribution in [3.8, 4) is 10.6 Å². The van der Waals surface area contributed by atoms with Gasteiger partial charge < -0.3 is 9.26 Å². The number of fused-ring (bicyclic) bond motifs is 1. The molecule has 0 aliphatic carbocycles. The first-order valence-corrected chi connectivity index (χ1v) is 7.46. The van der Waals surface area contributed by atoms with Gasteiger partial charge in [0.15, 0.2) is 0 Å². The second-order valence-electron chi connectivity index (χ2n) is 4.93. The summed E-state index contributed by atoms with van der Waals surface area (Å²) >= 11 is 1.55. The maximum absolute atomic E-state index is 12.3. The number of aromatic nitrogens is 2. The third-order valence-electron chi connectivity index (χ3n) is 2.95. The van der Waals surface area contributed by atoms with Crippen LogP contribution in [0.5, 0.6) is 0 Å². The number of esters is 1. The average Bonchev–Trinajstić information content (AvgIpc) is 3.07. The van der Waals surface area contributed by atoms with Crippen LogP contribution in [0.3, 0.4) is 0 Å². The number of nitrogens with zero attached hydrogens (tertiary/aromatic N) is 2. The van der Waals surface area contributed by atoms with Crippen LogP contribution >= 0.6 is 11.3 Å². The van der Waals surface area contributed by atoms with Gasteiger partial charge in [0.2, 0.25) is 0 Å². The van der Waals surface area contributed by atoms with Crippen molar-refractivity contribution in [3.63, 3.8) is 0 Å². The zero-order valence-electron chi connectivity index (χ0n) is 11.9. The van der Waals surface area contributed by atoms with Crippen molar-refractivity contribution in [1.29, 1.82) is 0 Å². The minimum atomic E-state index is -0.387. The van der Waals surface area contributed by atoms with Crippen molar-refractivity contribution in [2.24, 2.45) is 0 Å². The van der Waals surface area contributed by atoms with Crippen LogP contribution in [0.15, 0.2) is 28.1 Å². The first kappa shape index (κ1) is 13.8. The average molecular weight is 302 g/mol. The summed E-state index contributed by atoms with van der Waals surface area (Å²) in [5.74, 6) is -0.387. The lowest BCUT2D eigenvalue weighted by atomic mass is 10.1. The molecular formula is C15H14N2O3S. The van der Waals surface area contributed by atoms with Gasteiger partial charge in [-0.1, -0.05) is 11.2 Å². The van der Waals surface area contributed by atoms with E-state index in [1.165, 1.54) is 0 Å². The van der Waals surface area contributed by atoms with Crippen molar-refractivity contribution in [1.82, 2.24) is 10.1 Å². The zero-order valence-corrected chi connectivity index (χ0v) is 12.7. The van der Waals surface area contributed by atoms with E-state index < -0.39 is 0 Å². The second-order valence-corrected chi connectivity index (χ2v) is 5.88. The van der Waals surface area contributed by atoms with Crippen LogP contribution in [0.25, 0.3) is 21.7 Å². The van der Waals surface area contributed by atoms with Crippen LogP contribution in [0, 0.1) is 6.92 Å². The third kappa shape index (κ3) is 2.54. The van der Waals surface area contributed by atoms with Gasteiger partial charge >= 0.3 is 5.97 Å². The van der Waals surface area contributed by atoms with Gasteiger partial charge in [0.05, 0.1) is 33.3 Å². The molecule has 0 saturated carbocycles. The summed E-state index contributed by atoms with van der Waals surface area (Å²) in [6, 6.07) is 5.62. The number of ether oxygens (including phenoxy) is 1. The Labute approximate surface area is 125 Å². The van der Waals surface area contributed by atoms with Gasteiger partial charge in [-0.15, -0.1) is 11.3 Å². The van der Waals surface area contributed by atoms with Gasteiger partial charge in [-0.2, -0.15) is 0 Å². The molecule has 0 unspecified atom stereocenters. The van der Waals surface area contributed by atoms with Crippen LogP contribution in [0.2, 0.25) is 0 Å². The van der Waals surface area contributed by atoms with Gasteiger partial charge in [0, 0.05) is 0 Å². The molecule has 6 heteroatoms. The summed E-state index contributed by atoms with van der Waals surface area (Å²) in [4.78, 5) is 17.7. The first-order chi connectivity index (χ1) is 10.1. The van der Waals surface area contributed by atoms with Crippen LogP contribution in [-0.2, 0) is 4.74 Å². The standard InChI is InChI=1S/C15H14N2O3S/c1-8(2)19-15(18)10-7-11(12-5-4-6-21-12)16-14-13(10)9(3)17-20-14/h4-8H,1-3H3. The minimum Gasteiger partial charge on any atom is -0.459 e. The number of hydrogen-bond acceptors (Lipinski definition) is 6. The summed E-state index contributed by atoms with van der Waals surface area (Å²) in [6.07, 6.45) is -0.189. The summed E-state index contributed by atoms with van der Waals surface area (Å²) in [6.45, 7) is 5.42. The van der Waals surface area contributed by atoms with E-state index >= 15 is 0 Å². The molecule has 3 aromatic heterocycles. The van der Waals surface area contributed by atoms with E-state index in [9.17, 15) is 4.79 Å². The molecule has 0 aliphatic rings. The number of hydrogen-bond donors (Lipinski definition) is 0. The lowest BCUT2D eigenvalue weighted by molar-refractivity contribution is 0.0380. The molecule has 0 radical (unpaired) electrons. The number of rotatable bonds is 3. The molecule has 21 heavy (non-hydrogen) atoms. The Morgan fingerprint density at radius 3 is 2.90 bits per heavy atom. The van der Waals surface area contributed by atoms with Crippen molar-refractivity contribution in [3.05, 3.63) is 34.8 Å². The van der Waals surface area contributed by atoms with E-state index in [-0.39, 0.29) is 12.1 Å². The highest BCUT2D eigenvalue weighted by Crippen LogP contribution is 2.29. The first-order valence-electron chi connectivity index (χ1n) is 6.58. The molecule has 5 nitrogen and oxygen atoms in total. The molecule has 0 atom stereocenters. The summed E-state index contributed by atoms with van der Waals surface area (Å²) in [5.41, 5.74) is 2.11. The Bertz CT molecular complexity index is 791. The fraction of sp³-hybridized carbons (Fsp3) is 0.267. The topological polar surface area (TPSA) is 65.2 Å². The quantitative estimate of drug-likeness (QED) is 0.688. The highest BCUT2D eigenvalue weighted by molar-refractivity contribution is 7.13. The van der Waals surface area contributed by atoms with Gasteiger partial charge in [-0.3, -0.25) is 0 Å². The van der Waals surface area contributed by atoms with Crippen LogP contribution in [-0.4, -0.2) is 22.2 Å². The Morgan fingerprint density at radius 2 is 2.24 bits per heavy atom. The molecule has 0 saturated heterocycles. The Morgan fingerprint density at radius 1 is 1.43 bits per heavy atom. The predicted molar refractivity (Wildman–Crippen MR) is 80.4 cm³/mol. The van der Waals surface area contributed by atoms with Gasteiger partial charge in [0.25, 0.3) is 5.71 Å². The van der Waals surface area contributed by atoms with E-state index in [0.717, 1.165) is 4.88 Å². The monoisotopic (exact) mass is 302 g/mol. The largest absolute Gasteiger partial charge is 0.459 e. The maximum atomic E-state index is 12.3. The fourth-order valence-corrected chi connectivity index (χ4v) is 2.77. The van der Waals surface area contributed by atoms with Gasteiger partial charge in [0.1, 0.15) is 0 Å². The third-order valence-corrected chi connectivity index (χ3v) is 3.85. The fourth-order valence-electron chi connectivity index (χ4n) is 2.08. The number of carbonyl (C=O) groups is 1. The number of thiophene rings is 1. The summed E-state index contributed by atoms with van der Waals surface area (Å²) in [5, 5.41) is 6.47. The number of carbonyl (C=O) groups excluding carboxylic acids is 1. The molecule has 0 aromatic carbocycles. The molecule has 3 rings (SSSR count). The molecule has 0 aliphatic heterocycles. The predicted octanol–water partition coefficient (Wildman–Crippen LogP) is 3.82. The molecule has 108 valence electrons. The van der Waals surface area contributed by atoms with Crippen LogP contribution < -0.4 is 0 Å². The molecule has 0 spiro atoms. The summed E-state index contributed by atoms with van der Waals surface area (Å²) in [7, 11) is 0. The normalized spacial score (nSPS) is 11.2. The van der Waals surface area contributed by atoms with Crippen molar-refractivity contribution in [2.45, 2.75) is 26.9 Å². The highest BCUT2D eigenvalue weighted by atomic mass is 32.1. The van der Waals surface area contributed by atoms with E-state index in [1.54, 1.807) is 24.3 Å². The Kier molecular flexibility index (Phi) is 3.47. The summed E-state index contributed by atoms with van der Waals surface area (Å²) < 4.78 is 10.5. The molecule has 0 bridgehead atoms. The molecular weight excluding hydrogens is 288 g/mol. The van der Waals surface area contributed by atoms with E-state index in [2.05, 4.69) is 10.1 Å². The SMILES string of the molecule is Cc1noc2nc(-c3cccs3)cc(C(=O)OC(C)C)c12. The molecule has 0 N–H and O–H groups in total. The van der Waals surface area contributed by atoms with Crippen LogP contribution in [0.4, 0.5) is 0 Å². The van der Waals surface area contributed by atoms with Crippen molar-refractivity contribution in [2.75, 3.05) is 0 Å². The van der Waals surface area contributed by atoms with Crippen molar-refractivity contribution < 1.29 is 14.1 Å². The van der Waals surface area contributed by atoms with Crippen molar-refractivity contribution >= 4 is 28.4 Å². The molecule has 3 aromatic rings. The lowest BCUT2D eigenvalue weighted by Crippen LogP contribution is -2.12. The van der Waals surface area contributed by atoms with Gasteiger partial charge in [-0.25, -0.2) is 9.78 Å². The minimum absolute atomic E-state index is 0.189. The van der Waals surface area contributed by atoms with Gasteiger partial charge in [-0.05, 0) is 38.3 Å². The molecule has 0 fully saturated rings. The van der Waals surface area contributed by atoms with Crippen LogP contribution in [0.1, 0.15) is 29.9 Å². The zero-order chi connectivity index (χ0) is 15.0. The highest BCUT2D eigenvalue weighted by Gasteiger charge is 2.21. The second kappa shape index (κ2) is 5.29.